The molecule has 0 bridgehead atoms. The highest BCUT2D eigenvalue weighted by atomic mass is 35.5. The van der Waals surface area contributed by atoms with Crippen LogP contribution in [-0.4, -0.2) is 22.7 Å². The van der Waals surface area contributed by atoms with E-state index in [1.165, 1.54) is 5.57 Å². The lowest BCUT2D eigenvalue weighted by molar-refractivity contribution is -0.126. The zero-order chi connectivity index (χ0) is 10.7. The van der Waals surface area contributed by atoms with Crippen LogP contribution in [0.25, 0.3) is 0 Å². The molecule has 1 rings (SSSR count). The molecule has 0 aromatic carbocycles. The molecule has 1 atom stereocenters. The first-order chi connectivity index (χ1) is 6.61. The van der Waals surface area contributed by atoms with Crippen molar-refractivity contribution in [3.05, 3.63) is 11.3 Å². The molecule has 0 fully saturated rings. The van der Waals surface area contributed by atoms with Gasteiger partial charge < -0.3 is 4.90 Å². The number of hydrogen-bond acceptors (Lipinski definition) is 1. The number of alkyl halides is 2. The summed E-state index contributed by atoms with van der Waals surface area (Å²) in [4.78, 5) is 13.1. The third-order valence-corrected chi connectivity index (χ3v) is 3.15. The highest BCUT2D eigenvalue weighted by molar-refractivity contribution is 6.28. The van der Waals surface area contributed by atoms with Gasteiger partial charge in [0, 0.05) is 5.70 Å². The number of hydrogen-bond donors (Lipinski definition) is 0. The van der Waals surface area contributed by atoms with Crippen LogP contribution >= 0.6 is 23.2 Å². The van der Waals surface area contributed by atoms with Gasteiger partial charge in [0.2, 0.25) is 5.91 Å². The van der Waals surface area contributed by atoms with Crippen LogP contribution in [0.1, 0.15) is 26.7 Å². The molecular formula is C10H15Cl2NO. The number of halogens is 2. The lowest BCUT2D eigenvalue weighted by Crippen LogP contribution is -2.32. The van der Waals surface area contributed by atoms with Gasteiger partial charge in [-0.3, -0.25) is 4.79 Å². The summed E-state index contributed by atoms with van der Waals surface area (Å²) in [6.07, 6.45) is 2.16. The number of allylic oxidation sites excluding steroid dienone is 2. The summed E-state index contributed by atoms with van der Waals surface area (Å²) in [6, 6.07) is 0.197. The van der Waals surface area contributed by atoms with Gasteiger partial charge in [0.1, 0.15) is 11.9 Å². The van der Waals surface area contributed by atoms with Gasteiger partial charge in [0.05, 0.1) is 0 Å². The minimum Gasteiger partial charge on any atom is -0.301 e. The maximum atomic E-state index is 11.5. The monoisotopic (exact) mass is 235 g/mol. The van der Waals surface area contributed by atoms with Crippen molar-refractivity contribution in [2.45, 2.75) is 26.7 Å². The van der Waals surface area contributed by atoms with Gasteiger partial charge in [0.25, 0.3) is 0 Å². The summed E-state index contributed by atoms with van der Waals surface area (Å²) in [7, 11) is 0. The van der Waals surface area contributed by atoms with Crippen molar-refractivity contribution in [2.24, 2.45) is 5.92 Å². The average molecular weight is 236 g/mol. The van der Waals surface area contributed by atoms with Crippen molar-refractivity contribution in [3.63, 3.8) is 0 Å². The normalized spacial score (nSPS) is 21.6. The minimum absolute atomic E-state index is 0.00375. The number of carbonyl (C=O) groups excluding carboxylic acids is 1. The van der Waals surface area contributed by atoms with Crippen molar-refractivity contribution >= 4 is 29.1 Å². The molecule has 2 nitrogen and oxygen atoms in total. The fourth-order valence-corrected chi connectivity index (χ4v) is 2.36. The van der Waals surface area contributed by atoms with Gasteiger partial charge in [-0.2, -0.15) is 0 Å². The Balaban J connectivity index is 2.88. The van der Waals surface area contributed by atoms with E-state index in [1.807, 2.05) is 0 Å². The van der Waals surface area contributed by atoms with E-state index in [2.05, 4.69) is 13.8 Å². The molecule has 0 saturated carbocycles. The van der Waals surface area contributed by atoms with E-state index in [9.17, 15) is 4.79 Å². The fraction of sp³-hybridized carbons (Fsp3) is 0.700. The fourth-order valence-electron chi connectivity index (χ4n) is 1.95. The third kappa shape index (κ3) is 2.23. The smallest absolute Gasteiger partial charge is 0.242 e. The zero-order valence-corrected chi connectivity index (χ0v) is 10.0. The molecule has 14 heavy (non-hydrogen) atoms. The SMILES string of the molecule is CC1=C(N(CCl)C(=O)CCl)C(C)CC1. The van der Waals surface area contributed by atoms with Crippen LogP contribution in [0.15, 0.2) is 11.3 Å². The summed E-state index contributed by atoms with van der Waals surface area (Å²) in [5.41, 5.74) is 2.34. The summed E-state index contributed by atoms with van der Waals surface area (Å²) in [5.74, 6) is 0.307. The highest BCUT2D eigenvalue weighted by Gasteiger charge is 2.27. The van der Waals surface area contributed by atoms with E-state index in [0.29, 0.717) is 5.92 Å². The first-order valence-corrected chi connectivity index (χ1v) is 5.80. The molecule has 1 aliphatic rings. The Hall–Kier alpha value is -0.210. The molecule has 0 aromatic rings. The topological polar surface area (TPSA) is 20.3 Å². The van der Waals surface area contributed by atoms with Crippen LogP contribution in [0.4, 0.5) is 0 Å². The first-order valence-electron chi connectivity index (χ1n) is 4.73. The zero-order valence-electron chi connectivity index (χ0n) is 8.52. The highest BCUT2D eigenvalue weighted by Crippen LogP contribution is 2.33. The number of nitrogens with zero attached hydrogens (tertiary/aromatic N) is 1. The Bertz CT molecular complexity index is 263. The van der Waals surface area contributed by atoms with Crippen LogP contribution in [0, 0.1) is 5.92 Å². The van der Waals surface area contributed by atoms with E-state index < -0.39 is 0 Å². The van der Waals surface area contributed by atoms with Crippen molar-refractivity contribution in [3.8, 4) is 0 Å². The van der Waals surface area contributed by atoms with E-state index >= 15 is 0 Å². The molecule has 4 heteroatoms. The molecule has 0 heterocycles. The lowest BCUT2D eigenvalue weighted by atomic mass is 10.1. The van der Waals surface area contributed by atoms with Gasteiger partial charge in [-0.15, -0.1) is 23.2 Å². The first kappa shape index (κ1) is 11.9. The average Bonchev–Trinajstić information content (AvgIpc) is 2.50. The molecule has 80 valence electrons. The van der Waals surface area contributed by atoms with Gasteiger partial charge in [-0.25, -0.2) is 0 Å². The van der Waals surface area contributed by atoms with Crippen molar-refractivity contribution in [1.29, 1.82) is 0 Å². The van der Waals surface area contributed by atoms with Crippen LogP contribution in [-0.2, 0) is 4.79 Å². The predicted octanol–water partition coefficient (Wildman–Crippen LogP) is 2.95. The largest absolute Gasteiger partial charge is 0.301 e. The number of amides is 1. The Labute approximate surface area is 94.9 Å². The molecule has 0 radical (unpaired) electrons. The Morgan fingerprint density at radius 1 is 1.57 bits per heavy atom. The summed E-state index contributed by atoms with van der Waals surface area (Å²) in [5, 5.41) is 0. The van der Waals surface area contributed by atoms with Gasteiger partial charge in [0.15, 0.2) is 0 Å². The molecular weight excluding hydrogens is 221 g/mol. The van der Waals surface area contributed by atoms with Crippen molar-refractivity contribution < 1.29 is 4.79 Å². The Morgan fingerprint density at radius 2 is 2.21 bits per heavy atom. The van der Waals surface area contributed by atoms with Crippen LogP contribution in [0.3, 0.4) is 0 Å². The second-order valence-electron chi connectivity index (χ2n) is 3.68. The van der Waals surface area contributed by atoms with Crippen LogP contribution in [0.2, 0.25) is 0 Å². The maximum absolute atomic E-state index is 11.5. The van der Waals surface area contributed by atoms with Gasteiger partial charge >= 0.3 is 0 Å². The molecule has 1 aliphatic carbocycles. The van der Waals surface area contributed by atoms with E-state index in [1.54, 1.807) is 4.90 Å². The second-order valence-corrected chi connectivity index (χ2v) is 4.19. The Kier molecular flexibility index (Phi) is 4.27. The third-order valence-electron chi connectivity index (χ3n) is 2.68. The predicted molar refractivity (Wildman–Crippen MR) is 59.4 cm³/mol. The molecule has 0 saturated heterocycles. The molecule has 0 aromatic heterocycles. The van der Waals surface area contributed by atoms with Crippen molar-refractivity contribution in [2.75, 3.05) is 11.9 Å². The Morgan fingerprint density at radius 3 is 2.57 bits per heavy atom. The molecule has 0 N–H and O–H groups in total. The lowest BCUT2D eigenvalue weighted by Gasteiger charge is -2.24. The van der Waals surface area contributed by atoms with Gasteiger partial charge in [-0.05, 0) is 25.7 Å². The van der Waals surface area contributed by atoms with E-state index in [-0.39, 0.29) is 17.8 Å². The molecule has 1 amide bonds. The summed E-state index contributed by atoms with van der Waals surface area (Å²) < 4.78 is 0. The maximum Gasteiger partial charge on any atom is 0.242 e. The van der Waals surface area contributed by atoms with Gasteiger partial charge in [-0.1, -0.05) is 12.5 Å². The number of rotatable bonds is 3. The minimum atomic E-state index is -0.107. The van der Waals surface area contributed by atoms with Crippen molar-refractivity contribution in [1.82, 2.24) is 4.90 Å². The summed E-state index contributed by atoms with van der Waals surface area (Å²) >= 11 is 11.3. The van der Waals surface area contributed by atoms with Crippen LogP contribution < -0.4 is 0 Å². The molecule has 1 unspecified atom stereocenters. The second kappa shape index (κ2) is 5.04. The standard InChI is InChI=1S/C10H15Cl2NO/c1-7-3-4-8(2)10(7)13(6-12)9(14)5-11/h7H,3-6H2,1-2H3. The quantitative estimate of drug-likeness (QED) is 0.545. The van der Waals surface area contributed by atoms with Crippen LogP contribution in [0.5, 0.6) is 0 Å². The molecule has 0 aliphatic heterocycles. The summed E-state index contributed by atoms with van der Waals surface area (Å²) in [6.45, 7) is 4.17. The van der Waals surface area contributed by atoms with E-state index in [4.69, 9.17) is 23.2 Å². The molecule has 0 spiro atoms. The number of carbonyl (C=O) groups is 1. The van der Waals surface area contributed by atoms with E-state index in [0.717, 1.165) is 18.5 Å².